The lowest BCUT2D eigenvalue weighted by atomic mass is 9.95. The van der Waals surface area contributed by atoms with Gasteiger partial charge < -0.3 is 9.75 Å². The molecule has 1 aliphatic carbocycles. The van der Waals surface area contributed by atoms with Crippen LogP contribution in [0, 0.1) is 0 Å². The van der Waals surface area contributed by atoms with E-state index in [0.29, 0.717) is 0 Å². The summed E-state index contributed by atoms with van der Waals surface area (Å²) in [6.45, 7) is 0. The molecule has 0 amide bonds. The number of ether oxygens (including phenoxy) is 1. The van der Waals surface area contributed by atoms with Gasteiger partial charge in [0.15, 0.2) is 0 Å². The molecule has 0 saturated heterocycles. The van der Waals surface area contributed by atoms with Crippen LogP contribution in [0.25, 0.3) is 5.76 Å². The van der Waals surface area contributed by atoms with Crippen molar-refractivity contribution in [3.8, 4) is 0 Å². The van der Waals surface area contributed by atoms with Gasteiger partial charge >= 0.3 is 0 Å². The largest absolute Gasteiger partial charge is 0.496 e. The normalized spacial score (nSPS) is 19.4. The molecule has 1 aliphatic rings. The van der Waals surface area contributed by atoms with Crippen molar-refractivity contribution in [1.82, 2.24) is 5.01 Å². The van der Waals surface area contributed by atoms with Crippen molar-refractivity contribution < 1.29 is 4.74 Å². The Bertz CT molecular complexity index is 513. The molecule has 1 aromatic carbocycles. The predicted molar refractivity (Wildman–Crippen MR) is 79.9 cm³/mol. The second-order valence-electron chi connectivity index (χ2n) is 4.65. The minimum absolute atomic E-state index is 0.854. The Morgan fingerprint density at radius 1 is 1.11 bits per heavy atom. The maximum Gasteiger partial charge on any atom is 0.131 e. The van der Waals surface area contributed by atoms with Crippen molar-refractivity contribution in [2.45, 2.75) is 12.8 Å². The van der Waals surface area contributed by atoms with Crippen LogP contribution >= 0.6 is 0 Å². The Morgan fingerprint density at radius 2 is 1.79 bits per heavy atom. The van der Waals surface area contributed by atoms with Gasteiger partial charge in [-0.25, -0.2) is 0 Å². The van der Waals surface area contributed by atoms with Crippen LogP contribution < -0.4 is 0 Å². The van der Waals surface area contributed by atoms with Crippen molar-refractivity contribution in [2.24, 2.45) is 5.10 Å². The highest BCUT2D eigenvalue weighted by atomic mass is 16.5. The molecule has 0 bridgehead atoms. The fourth-order valence-corrected chi connectivity index (χ4v) is 2.21. The minimum atomic E-state index is 0.854. The van der Waals surface area contributed by atoms with Gasteiger partial charge in [-0.05, 0) is 6.42 Å². The average molecular weight is 256 g/mol. The van der Waals surface area contributed by atoms with E-state index in [0.717, 1.165) is 29.9 Å². The molecule has 0 fully saturated rings. The van der Waals surface area contributed by atoms with Gasteiger partial charge in [0, 0.05) is 31.7 Å². The maximum atomic E-state index is 5.63. The van der Waals surface area contributed by atoms with Gasteiger partial charge in [-0.2, -0.15) is 5.10 Å². The summed E-state index contributed by atoms with van der Waals surface area (Å²) >= 11 is 0. The van der Waals surface area contributed by atoms with Crippen LogP contribution in [0.15, 0.2) is 53.2 Å². The first kappa shape index (κ1) is 13.4. The molecule has 3 heteroatoms. The second kappa shape index (κ2) is 6.23. The molecule has 0 aromatic heterocycles. The Labute approximate surface area is 114 Å². The summed E-state index contributed by atoms with van der Waals surface area (Å²) in [6.07, 6.45) is 6.05. The van der Waals surface area contributed by atoms with Crippen molar-refractivity contribution in [2.75, 3.05) is 21.2 Å². The summed E-state index contributed by atoms with van der Waals surface area (Å²) in [4.78, 5) is 0. The van der Waals surface area contributed by atoms with Crippen molar-refractivity contribution in [1.29, 1.82) is 0 Å². The number of hydrazone groups is 1. The van der Waals surface area contributed by atoms with E-state index in [4.69, 9.17) is 4.74 Å². The highest BCUT2D eigenvalue weighted by Gasteiger charge is 2.17. The van der Waals surface area contributed by atoms with Crippen molar-refractivity contribution in [3.63, 3.8) is 0 Å². The number of methoxy groups -OCH3 is 1. The second-order valence-corrected chi connectivity index (χ2v) is 4.65. The third-order valence-electron chi connectivity index (χ3n) is 2.98. The zero-order chi connectivity index (χ0) is 13.7. The molecule has 0 radical (unpaired) electrons. The van der Waals surface area contributed by atoms with Gasteiger partial charge in [-0.15, -0.1) is 0 Å². The lowest BCUT2D eigenvalue weighted by Crippen LogP contribution is -2.14. The predicted octanol–water partition coefficient (Wildman–Crippen LogP) is 3.31. The van der Waals surface area contributed by atoms with Crippen LogP contribution in [0.3, 0.4) is 0 Å². The first-order valence-electron chi connectivity index (χ1n) is 6.45. The van der Waals surface area contributed by atoms with Crippen LogP contribution in [-0.4, -0.2) is 31.9 Å². The third-order valence-corrected chi connectivity index (χ3v) is 2.98. The van der Waals surface area contributed by atoms with Gasteiger partial charge in [0.25, 0.3) is 0 Å². The van der Waals surface area contributed by atoms with Gasteiger partial charge in [0.05, 0.1) is 12.8 Å². The number of benzene rings is 1. The number of allylic oxidation sites excluding steroid dienone is 3. The monoisotopic (exact) mass is 256 g/mol. The van der Waals surface area contributed by atoms with Crippen molar-refractivity contribution >= 4 is 11.5 Å². The highest BCUT2D eigenvalue weighted by molar-refractivity contribution is 6.07. The van der Waals surface area contributed by atoms with E-state index < -0.39 is 0 Å². The molecule has 0 saturated carbocycles. The SMILES string of the molecule is COC(=C1CC=CCC1=NN(C)C)c1ccccc1. The molecule has 100 valence electrons. The van der Waals surface area contributed by atoms with Gasteiger partial charge in [0.1, 0.15) is 5.76 Å². The summed E-state index contributed by atoms with van der Waals surface area (Å²) in [5.74, 6) is 0.922. The molecule has 0 aliphatic heterocycles. The molecule has 3 nitrogen and oxygen atoms in total. The van der Waals surface area contributed by atoms with E-state index in [9.17, 15) is 0 Å². The number of hydrogen-bond donors (Lipinski definition) is 0. The standard InChI is InChI=1S/C16H20N2O/c1-18(2)17-15-12-8-7-11-14(15)16(19-3)13-9-5-4-6-10-13/h4-10H,11-12H2,1-3H3. The van der Waals surface area contributed by atoms with E-state index in [1.165, 1.54) is 5.57 Å². The first-order valence-corrected chi connectivity index (χ1v) is 6.45. The maximum absolute atomic E-state index is 5.63. The zero-order valence-corrected chi connectivity index (χ0v) is 11.8. The number of hydrogen-bond acceptors (Lipinski definition) is 3. The Morgan fingerprint density at radius 3 is 2.42 bits per heavy atom. The topological polar surface area (TPSA) is 24.8 Å². The smallest absolute Gasteiger partial charge is 0.131 e. The van der Waals surface area contributed by atoms with Gasteiger partial charge in [0.2, 0.25) is 0 Å². The highest BCUT2D eigenvalue weighted by Crippen LogP contribution is 2.26. The lowest BCUT2D eigenvalue weighted by molar-refractivity contribution is 0.367. The van der Waals surface area contributed by atoms with E-state index in [1.54, 1.807) is 7.11 Å². The Balaban J connectivity index is 2.49. The summed E-state index contributed by atoms with van der Waals surface area (Å²) in [5.41, 5.74) is 3.35. The fourth-order valence-electron chi connectivity index (χ4n) is 2.21. The minimum Gasteiger partial charge on any atom is -0.496 e. The van der Waals surface area contributed by atoms with E-state index >= 15 is 0 Å². The molecule has 0 unspecified atom stereocenters. The summed E-state index contributed by atoms with van der Waals surface area (Å²) in [6, 6.07) is 10.2. The average Bonchev–Trinajstić information content (AvgIpc) is 2.42. The molecular formula is C16H20N2O. The Hall–Kier alpha value is -2.03. The van der Waals surface area contributed by atoms with E-state index in [-0.39, 0.29) is 0 Å². The molecule has 0 N–H and O–H groups in total. The van der Waals surface area contributed by atoms with E-state index in [2.05, 4.69) is 29.4 Å². The lowest BCUT2D eigenvalue weighted by Gasteiger charge is -2.19. The van der Waals surface area contributed by atoms with Gasteiger partial charge in [-0.3, -0.25) is 0 Å². The summed E-state index contributed by atoms with van der Waals surface area (Å²) in [5, 5.41) is 6.41. The number of rotatable bonds is 3. The van der Waals surface area contributed by atoms with Crippen LogP contribution in [0.1, 0.15) is 18.4 Å². The molecule has 0 atom stereocenters. The quantitative estimate of drug-likeness (QED) is 0.471. The fraction of sp³-hybridized carbons (Fsp3) is 0.312. The third kappa shape index (κ3) is 3.25. The molecule has 2 rings (SSSR count). The Kier molecular flexibility index (Phi) is 4.39. The molecule has 1 aromatic rings. The van der Waals surface area contributed by atoms with Crippen LogP contribution in [0.4, 0.5) is 0 Å². The molecule has 0 heterocycles. The van der Waals surface area contributed by atoms with Crippen LogP contribution in [0.5, 0.6) is 0 Å². The first-order chi connectivity index (χ1) is 9.22. The molecule has 19 heavy (non-hydrogen) atoms. The van der Waals surface area contributed by atoms with Gasteiger partial charge in [-0.1, -0.05) is 42.5 Å². The van der Waals surface area contributed by atoms with Crippen LogP contribution in [0.2, 0.25) is 0 Å². The van der Waals surface area contributed by atoms with E-state index in [1.807, 2.05) is 37.3 Å². The summed E-state index contributed by atoms with van der Waals surface area (Å²) in [7, 11) is 5.61. The summed E-state index contributed by atoms with van der Waals surface area (Å²) < 4.78 is 5.63. The zero-order valence-electron chi connectivity index (χ0n) is 11.8. The van der Waals surface area contributed by atoms with Crippen LogP contribution in [-0.2, 0) is 4.74 Å². The number of nitrogens with zero attached hydrogens (tertiary/aromatic N) is 2. The van der Waals surface area contributed by atoms with Crippen molar-refractivity contribution in [3.05, 3.63) is 53.6 Å². The molecule has 0 spiro atoms. The molecular weight excluding hydrogens is 236 g/mol.